The quantitative estimate of drug-likeness (QED) is 0.342. The lowest BCUT2D eigenvalue weighted by molar-refractivity contribution is -0.119. The fourth-order valence-corrected chi connectivity index (χ4v) is 5.58. The number of rotatable bonds is 6. The molecule has 0 bridgehead atoms. The number of amides is 1. The number of carbonyl (C=O) groups is 1. The number of benzene rings is 2. The molecule has 1 amide bonds. The minimum Gasteiger partial charge on any atom is -0.353 e. The molecule has 1 fully saturated rings. The zero-order valence-electron chi connectivity index (χ0n) is 16.2. The van der Waals surface area contributed by atoms with E-state index in [2.05, 4.69) is 15.3 Å². The van der Waals surface area contributed by atoms with Crippen molar-refractivity contribution in [2.75, 3.05) is 5.75 Å². The van der Waals surface area contributed by atoms with Crippen LogP contribution in [0.5, 0.6) is 0 Å². The first-order valence-corrected chi connectivity index (χ1v) is 12.1. The lowest BCUT2D eigenvalue weighted by Crippen LogP contribution is -2.37. The molecule has 8 heteroatoms. The molecule has 0 aliphatic heterocycles. The van der Waals surface area contributed by atoms with Crippen LogP contribution in [0.25, 0.3) is 10.2 Å². The molecule has 0 saturated heterocycles. The van der Waals surface area contributed by atoms with Crippen LogP contribution in [0.15, 0.2) is 45.7 Å². The second kappa shape index (κ2) is 9.90. The number of halogens is 2. The summed E-state index contributed by atoms with van der Waals surface area (Å²) in [6.45, 7) is 0. The van der Waals surface area contributed by atoms with Crippen molar-refractivity contribution in [2.24, 2.45) is 4.99 Å². The summed E-state index contributed by atoms with van der Waals surface area (Å²) in [6, 6.07) is 10.5. The van der Waals surface area contributed by atoms with Crippen molar-refractivity contribution in [2.45, 2.75) is 42.5 Å². The first-order valence-electron chi connectivity index (χ1n) is 9.89. The highest BCUT2D eigenvalue weighted by Gasteiger charge is 2.16. The van der Waals surface area contributed by atoms with Gasteiger partial charge in [0.15, 0.2) is 4.34 Å². The summed E-state index contributed by atoms with van der Waals surface area (Å²) in [7, 11) is 0. The summed E-state index contributed by atoms with van der Waals surface area (Å²) in [5, 5.41) is 3.45. The van der Waals surface area contributed by atoms with Crippen LogP contribution in [0.4, 0.5) is 10.1 Å². The Labute approximate surface area is 188 Å². The Morgan fingerprint density at radius 2 is 2.13 bits per heavy atom. The van der Waals surface area contributed by atoms with Gasteiger partial charge in [0, 0.05) is 17.8 Å². The van der Waals surface area contributed by atoms with Gasteiger partial charge in [-0.05, 0) is 43.2 Å². The van der Waals surface area contributed by atoms with E-state index in [9.17, 15) is 9.18 Å². The Bertz CT molecular complexity index is 1060. The average Bonchev–Trinajstić information content (AvgIpc) is 3.15. The van der Waals surface area contributed by atoms with Crippen LogP contribution in [-0.4, -0.2) is 28.9 Å². The first-order chi connectivity index (χ1) is 14.6. The SMILES string of the molecule is O=C(CSc1nc2ccc(N=Cc3c(F)cccc3Cl)cc2s1)NC1CCCCC1. The number of carbonyl (C=O) groups excluding carboxylic acids is 1. The largest absolute Gasteiger partial charge is 0.353 e. The molecule has 1 aliphatic rings. The number of nitrogens with one attached hydrogen (secondary N) is 1. The van der Waals surface area contributed by atoms with E-state index in [1.807, 2.05) is 18.2 Å². The number of thioether (sulfide) groups is 1. The standard InChI is InChI=1S/C22H21ClFN3OS2/c23-17-7-4-8-18(24)16(17)12-25-15-9-10-19-20(11-15)30-22(27-19)29-13-21(28)26-14-5-2-1-3-6-14/h4,7-12,14H,1-3,5-6,13H2,(H,26,28). The van der Waals surface area contributed by atoms with Crippen molar-refractivity contribution in [3.63, 3.8) is 0 Å². The summed E-state index contributed by atoms with van der Waals surface area (Å²) >= 11 is 9.02. The molecule has 0 unspecified atom stereocenters. The molecule has 1 aliphatic carbocycles. The van der Waals surface area contributed by atoms with Gasteiger partial charge in [0.2, 0.25) is 5.91 Å². The predicted molar refractivity (Wildman–Crippen MR) is 124 cm³/mol. The number of hydrogen-bond acceptors (Lipinski definition) is 5. The van der Waals surface area contributed by atoms with E-state index in [0.29, 0.717) is 22.5 Å². The Balaban J connectivity index is 1.40. The minimum atomic E-state index is -0.407. The molecule has 0 atom stereocenters. The Morgan fingerprint density at radius 3 is 2.93 bits per heavy atom. The molecule has 4 rings (SSSR count). The fourth-order valence-electron chi connectivity index (χ4n) is 3.45. The third-order valence-electron chi connectivity index (χ3n) is 4.99. The Hall–Kier alpha value is -1.96. The highest BCUT2D eigenvalue weighted by Crippen LogP contribution is 2.32. The van der Waals surface area contributed by atoms with E-state index < -0.39 is 5.82 Å². The van der Waals surface area contributed by atoms with E-state index in [1.165, 1.54) is 54.6 Å². The maximum atomic E-state index is 13.9. The van der Waals surface area contributed by atoms with Crippen molar-refractivity contribution in [3.05, 3.63) is 52.8 Å². The molecule has 4 nitrogen and oxygen atoms in total. The molecule has 0 radical (unpaired) electrons. The van der Waals surface area contributed by atoms with Gasteiger partial charge in [-0.25, -0.2) is 9.37 Å². The third-order valence-corrected chi connectivity index (χ3v) is 7.48. The molecular weight excluding hydrogens is 441 g/mol. The lowest BCUT2D eigenvalue weighted by atomic mass is 9.95. The zero-order chi connectivity index (χ0) is 20.9. The zero-order valence-corrected chi connectivity index (χ0v) is 18.6. The number of aliphatic imine (C=N–C) groups is 1. The van der Waals surface area contributed by atoms with Crippen molar-refractivity contribution >= 4 is 62.7 Å². The van der Waals surface area contributed by atoms with Gasteiger partial charge in [-0.1, -0.05) is 48.7 Å². The maximum absolute atomic E-state index is 13.9. The lowest BCUT2D eigenvalue weighted by Gasteiger charge is -2.22. The molecule has 30 heavy (non-hydrogen) atoms. The van der Waals surface area contributed by atoms with Crippen molar-refractivity contribution < 1.29 is 9.18 Å². The van der Waals surface area contributed by atoms with Crippen LogP contribution in [0.1, 0.15) is 37.7 Å². The number of nitrogens with zero attached hydrogens (tertiary/aromatic N) is 2. The maximum Gasteiger partial charge on any atom is 0.230 e. The monoisotopic (exact) mass is 461 g/mol. The van der Waals surface area contributed by atoms with Crippen LogP contribution in [0.2, 0.25) is 5.02 Å². The number of aromatic nitrogens is 1. The molecule has 0 spiro atoms. The number of thiazole rings is 1. The number of hydrogen-bond donors (Lipinski definition) is 1. The van der Waals surface area contributed by atoms with Crippen LogP contribution in [0, 0.1) is 5.82 Å². The van der Waals surface area contributed by atoms with Crippen LogP contribution in [0.3, 0.4) is 0 Å². The average molecular weight is 462 g/mol. The molecule has 2 aromatic carbocycles. The highest BCUT2D eigenvalue weighted by molar-refractivity contribution is 8.01. The summed E-state index contributed by atoms with van der Waals surface area (Å²) in [5.41, 5.74) is 1.82. The molecule has 1 saturated carbocycles. The van der Waals surface area contributed by atoms with Crippen LogP contribution >= 0.6 is 34.7 Å². The fraction of sp³-hybridized carbons (Fsp3) is 0.318. The normalized spacial score (nSPS) is 15.1. The van der Waals surface area contributed by atoms with Gasteiger partial charge < -0.3 is 5.32 Å². The molecular formula is C22H21ClFN3OS2. The molecule has 1 aromatic heterocycles. The van der Waals surface area contributed by atoms with Gasteiger partial charge in [0.25, 0.3) is 0 Å². The summed E-state index contributed by atoms with van der Waals surface area (Å²) in [6.07, 6.45) is 7.27. The van der Waals surface area contributed by atoms with E-state index in [0.717, 1.165) is 27.4 Å². The molecule has 3 aromatic rings. The van der Waals surface area contributed by atoms with E-state index in [1.54, 1.807) is 12.1 Å². The van der Waals surface area contributed by atoms with Gasteiger partial charge >= 0.3 is 0 Å². The molecule has 156 valence electrons. The van der Waals surface area contributed by atoms with Gasteiger partial charge in [-0.2, -0.15) is 0 Å². The number of fused-ring (bicyclic) bond motifs is 1. The Morgan fingerprint density at radius 1 is 1.30 bits per heavy atom. The van der Waals surface area contributed by atoms with Crippen LogP contribution < -0.4 is 5.32 Å². The van der Waals surface area contributed by atoms with E-state index >= 15 is 0 Å². The van der Waals surface area contributed by atoms with Gasteiger partial charge in [-0.3, -0.25) is 9.79 Å². The van der Waals surface area contributed by atoms with E-state index in [4.69, 9.17) is 11.6 Å². The smallest absolute Gasteiger partial charge is 0.230 e. The van der Waals surface area contributed by atoms with Crippen molar-refractivity contribution in [1.82, 2.24) is 10.3 Å². The third kappa shape index (κ3) is 5.39. The van der Waals surface area contributed by atoms with Gasteiger partial charge in [-0.15, -0.1) is 11.3 Å². The second-order valence-corrected chi connectivity index (χ2v) is 9.88. The van der Waals surface area contributed by atoms with Gasteiger partial charge in [0.1, 0.15) is 5.82 Å². The first kappa shape index (κ1) is 21.3. The minimum absolute atomic E-state index is 0.0678. The molecule has 1 heterocycles. The Kier molecular flexibility index (Phi) is 7.02. The summed E-state index contributed by atoms with van der Waals surface area (Å²) < 4.78 is 15.7. The van der Waals surface area contributed by atoms with E-state index in [-0.39, 0.29) is 11.5 Å². The van der Waals surface area contributed by atoms with Crippen LogP contribution in [-0.2, 0) is 4.79 Å². The highest BCUT2D eigenvalue weighted by atomic mass is 35.5. The topological polar surface area (TPSA) is 54.4 Å². The van der Waals surface area contributed by atoms with Crippen molar-refractivity contribution in [1.29, 1.82) is 0 Å². The summed E-state index contributed by atoms with van der Waals surface area (Å²) in [5.74, 6) is 0.0288. The van der Waals surface area contributed by atoms with Crippen molar-refractivity contribution in [3.8, 4) is 0 Å². The second-order valence-electron chi connectivity index (χ2n) is 7.22. The van der Waals surface area contributed by atoms with Gasteiger partial charge in [0.05, 0.1) is 26.7 Å². The predicted octanol–water partition coefficient (Wildman–Crippen LogP) is 6.38. The summed E-state index contributed by atoms with van der Waals surface area (Å²) in [4.78, 5) is 21.2. The molecule has 1 N–H and O–H groups in total.